The number of carbonyl (C=O) groups is 3. The quantitative estimate of drug-likeness (QED) is 0.600. The molecule has 0 aromatic heterocycles. The first-order valence-corrected chi connectivity index (χ1v) is 9.70. The van der Waals surface area contributed by atoms with Crippen molar-refractivity contribution in [1.82, 2.24) is 5.32 Å². The Morgan fingerprint density at radius 2 is 1.61 bits per heavy atom. The summed E-state index contributed by atoms with van der Waals surface area (Å²) in [4.78, 5) is 36.2. The molecule has 2 rings (SSSR count). The molecular weight excluding hydrogens is 374 g/mol. The van der Waals surface area contributed by atoms with Gasteiger partial charge in [0.25, 0.3) is 5.91 Å². The second-order valence-corrected chi connectivity index (χ2v) is 6.87. The minimum atomic E-state index is -0.362. The average Bonchev–Trinajstić information content (AvgIpc) is 2.68. The van der Waals surface area contributed by atoms with Crippen molar-refractivity contribution in [3.63, 3.8) is 0 Å². The normalized spacial score (nSPS) is 9.86. The van der Waals surface area contributed by atoms with Crippen LogP contribution in [0.1, 0.15) is 15.9 Å². The van der Waals surface area contributed by atoms with Gasteiger partial charge in [-0.05, 0) is 31.2 Å². The number of terminal acetylenes is 1. The fourth-order valence-electron chi connectivity index (χ4n) is 2.27. The van der Waals surface area contributed by atoms with Crippen molar-refractivity contribution < 1.29 is 14.4 Å². The van der Waals surface area contributed by atoms with Crippen LogP contribution >= 0.6 is 11.8 Å². The fraction of sp³-hybridized carbons (Fsp3) is 0.190. The number of rotatable bonds is 8. The molecule has 3 amide bonds. The van der Waals surface area contributed by atoms with E-state index in [9.17, 15) is 14.4 Å². The van der Waals surface area contributed by atoms with E-state index in [0.717, 1.165) is 5.56 Å². The van der Waals surface area contributed by atoms with Crippen LogP contribution < -0.4 is 16.0 Å². The summed E-state index contributed by atoms with van der Waals surface area (Å²) in [7, 11) is 0. The number of aryl methyl sites for hydroxylation is 1. The zero-order valence-electron chi connectivity index (χ0n) is 15.5. The Morgan fingerprint density at radius 3 is 2.29 bits per heavy atom. The standard InChI is InChI=1S/C21H21N3O3S/c1-3-12-22-21(27)17-6-4-5-7-18(17)24-20(26)14-28-13-19(25)23-16-10-8-15(2)9-11-16/h1,4-11H,12-14H2,2H3,(H,22,27)(H,23,25)(H,24,26). The maximum atomic E-state index is 12.2. The van der Waals surface area contributed by atoms with Crippen molar-refractivity contribution in [3.8, 4) is 12.3 Å². The van der Waals surface area contributed by atoms with Crippen LogP contribution in [0.5, 0.6) is 0 Å². The van der Waals surface area contributed by atoms with E-state index < -0.39 is 0 Å². The van der Waals surface area contributed by atoms with Crippen molar-refractivity contribution >= 4 is 40.9 Å². The smallest absolute Gasteiger partial charge is 0.254 e. The molecule has 2 aromatic carbocycles. The average molecular weight is 395 g/mol. The topological polar surface area (TPSA) is 87.3 Å². The third-order valence-corrected chi connectivity index (χ3v) is 4.53. The third-order valence-electron chi connectivity index (χ3n) is 3.60. The summed E-state index contributed by atoms with van der Waals surface area (Å²) in [5.74, 6) is 1.71. The summed E-state index contributed by atoms with van der Waals surface area (Å²) >= 11 is 1.19. The third kappa shape index (κ3) is 6.82. The molecule has 0 atom stereocenters. The van der Waals surface area contributed by atoms with Gasteiger partial charge in [0, 0.05) is 5.69 Å². The van der Waals surface area contributed by atoms with Crippen molar-refractivity contribution in [2.45, 2.75) is 6.92 Å². The Kier molecular flexibility index (Phi) is 8.12. The van der Waals surface area contributed by atoms with Gasteiger partial charge in [-0.3, -0.25) is 14.4 Å². The van der Waals surface area contributed by atoms with Crippen LogP contribution in [0.3, 0.4) is 0 Å². The van der Waals surface area contributed by atoms with E-state index in [0.29, 0.717) is 16.9 Å². The zero-order chi connectivity index (χ0) is 20.4. The van der Waals surface area contributed by atoms with Gasteiger partial charge in [-0.1, -0.05) is 35.7 Å². The summed E-state index contributed by atoms with van der Waals surface area (Å²) in [5.41, 5.74) is 2.55. The number of carbonyl (C=O) groups excluding carboxylic acids is 3. The number of amides is 3. The van der Waals surface area contributed by atoms with Crippen LogP contribution in [0.15, 0.2) is 48.5 Å². The van der Waals surface area contributed by atoms with Gasteiger partial charge in [0.2, 0.25) is 11.8 Å². The van der Waals surface area contributed by atoms with Crippen LogP contribution in [0.4, 0.5) is 11.4 Å². The Hall–Kier alpha value is -3.24. The lowest BCUT2D eigenvalue weighted by Gasteiger charge is -2.10. The number of thioether (sulfide) groups is 1. The van der Waals surface area contributed by atoms with E-state index >= 15 is 0 Å². The van der Waals surface area contributed by atoms with Crippen LogP contribution in [0.25, 0.3) is 0 Å². The number of hydrogen-bond donors (Lipinski definition) is 3. The largest absolute Gasteiger partial charge is 0.341 e. The summed E-state index contributed by atoms with van der Waals surface area (Å²) < 4.78 is 0. The minimum absolute atomic E-state index is 0.0849. The molecule has 3 N–H and O–H groups in total. The number of benzene rings is 2. The molecule has 0 aliphatic rings. The fourth-order valence-corrected chi connectivity index (χ4v) is 2.89. The van der Waals surface area contributed by atoms with Crippen molar-refractivity contribution in [2.24, 2.45) is 0 Å². The molecular formula is C21H21N3O3S. The Morgan fingerprint density at radius 1 is 0.964 bits per heavy atom. The molecule has 0 spiro atoms. The van der Waals surface area contributed by atoms with E-state index in [1.165, 1.54) is 11.8 Å². The molecule has 28 heavy (non-hydrogen) atoms. The maximum Gasteiger partial charge on any atom is 0.254 e. The highest BCUT2D eigenvalue weighted by Gasteiger charge is 2.13. The van der Waals surface area contributed by atoms with Crippen LogP contribution in [0.2, 0.25) is 0 Å². The Balaban J connectivity index is 1.81. The van der Waals surface area contributed by atoms with Gasteiger partial charge in [-0.2, -0.15) is 0 Å². The SMILES string of the molecule is C#CCNC(=O)c1ccccc1NC(=O)CSCC(=O)Nc1ccc(C)cc1. The molecule has 0 fully saturated rings. The van der Waals surface area contributed by atoms with Gasteiger partial charge in [0.05, 0.1) is 29.3 Å². The summed E-state index contributed by atoms with van der Waals surface area (Å²) in [6.45, 7) is 2.07. The molecule has 2 aromatic rings. The van der Waals surface area contributed by atoms with Gasteiger partial charge < -0.3 is 16.0 Å². The monoisotopic (exact) mass is 395 g/mol. The molecule has 0 heterocycles. The number of para-hydroxylation sites is 1. The highest BCUT2D eigenvalue weighted by Crippen LogP contribution is 2.16. The second-order valence-electron chi connectivity index (χ2n) is 5.89. The Bertz CT molecular complexity index is 889. The number of anilines is 2. The number of nitrogens with one attached hydrogen (secondary N) is 3. The molecule has 7 heteroatoms. The molecule has 0 saturated heterocycles. The molecule has 0 saturated carbocycles. The Labute approximate surface area is 168 Å². The van der Waals surface area contributed by atoms with Crippen molar-refractivity contribution in [2.75, 3.05) is 28.7 Å². The van der Waals surface area contributed by atoms with E-state index in [-0.39, 0.29) is 35.8 Å². The van der Waals surface area contributed by atoms with Crippen molar-refractivity contribution in [3.05, 3.63) is 59.7 Å². The summed E-state index contributed by atoms with van der Waals surface area (Å²) in [6, 6.07) is 14.1. The lowest BCUT2D eigenvalue weighted by atomic mass is 10.1. The second kappa shape index (κ2) is 10.8. The van der Waals surface area contributed by atoms with Crippen LogP contribution in [0, 0.1) is 19.3 Å². The first-order valence-electron chi connectivity index (χ1n) is 8.54. The first-order chi connectivity index (χ1) is 13.5. The van der Waals surface area contributed by atoms with E-state index in [1.54, 1.807) is 24.3 Å². The minimum Gasteiger partial charge on any atom is -0.341 e. The van der Waals surface area contributed by atoms with E-state index in [4.69, 9.17) is 6.42 Å². The predicted octanol–water partition coefficient (Wildman–Crippen LogP) is 2.67. The predicted molar refractivity (Wildman–Crippen MR) is 113 cm³/mol. The lowest BCUT2D eigenvalue weighted by Crippen LogP contribution is -2.26. The maximum absolute atomic E-state index is 12.2. The van der Waals surface area contributed by atoms with Gasteiger partial charge in [0.1, 0.15) is 0 Å². The van der Waals surface area contributed by atoms with Gasteiger partial charge in [-0.25, -0.2) is 0 Å². The van der Waals surface area contributed by atoms with E-state index in [1.807, 2.05) is 31.2 Å². The van der Waals surface area contributed by atoms with Gasteiger partial charge in [-0.15, -0.1) is 18.2 Å². The first kappa shape index (κ1) is 21.1. The van der Waals surface area contributed by atoms with Crippen molar-refractivity contribution in [1.29, 1.82) is 0 Å². The summed E-state index contributed by atoms with van der Waals surface area (Å²) in [6.07, 6.45) is 5.14. The molecule has 0 radical (unpaired) electrons. The number of hydrogen-bond acceptors (Lipinski definition) is 4. The molecule has 0 unspecified atom stereocenters. The van der Waals surface area contributed by atoms with E-state index in [2.05, 4.69) is 21.9 Å². The zero-order valence-corrected chi connectivity index (χ0v) is 16.3. The van der Waals surface area contributed by atoms with Gasteiger partial charge >= 0.3 is 0 Å². The molecule has 6 nitrogen and oxygen atoms in total. The van der Waals surface area contributed by atoms with Gasteiger partial charge in [0.15, 0.2) is 0 Å². The molecule has 144 valence electrons. The van der Waals surface area contributed by atoms with Crippen LogP contribution in [-0.4, -0.2) is 35.8 Å². The highest BCUT2D eigenvalue weighted by atomic mass is 32.2. The molecule has 0 bridgehead atoms. The molecule has 0 aliphatic heterocycles. The van der Waals surface area contributed by atoms with Crippen LogP contribution in [-0.2, 0) is 9.59 Å². The highest BCUT2D eigenvalue weighted by molar-refractivity contribution is 8.00. The summed E-state index contributed by atoms with van der Waals surface area (Å²) in [5, 5.41) is 8.03. The molecule has 0 aliphatic carbocycles. The lowest BCUT2D eigenvalue weighted by molar-refractivity contribution is -0.114.